The molecule has 0 aromatic heterocycles. The van der Waals surface area contributed by atoms with E-state index in [0.717, 1.165) is 30.0 Å². The molecular weight excluding hydrogens is 302 g/mol. The van der Waals surface area contributed by atoms with Gasteiger partial charge in [0.1, 0.15) is 5.75 Å². The van der Waals surface area contributed by atoms with Crippen LogP contribution in [0.5, 0.6) is 5.75 Å². The van der Waals surface area contributed by atoms with Crippen LogP contribution in [0.2, 0.25) is 0 Å². The van der Waals surface area contributed by atoms with Crippen LogP contribution in [0.25, 0.3) is 0 Å². The van der Waals surface area contributed by atoms with E-state index in [9.17, 15) is 4.79 Å². The van der Waals surface area contributed by atoms with Crippen LogP contribution in [-0.4, -0.2) is 25.8 Å². The normalized spacial score (nSPS) is 10.6. The molecule has 0 saturated heterocycles. The number of carbonyl (C=O) groups is 1. The number of hydrogen-bond acceptors (Lipinski definition) is 4. The summed E-state index contributed by atoms with van der Waals surface area (Å²) in [6.07, 6.45) is 2.77. The maximum absolute atomic E-state index is 11.7. The van der Waals surface area contributed by atoms with Crippen molar-refractivity contribution in [2.24, 2.45) is 5.10 Å². The van der Waals surface area contributed by atoms with Crippen LogP contribution in [0.4, 0.5) is 5.69 Å². The first-order chi connectivity index (χ1) is 11.7. The molecule has 0 saturated carbocycles. The molecule has 2 N–H and O–H groups in total. The average molecular weight is 325 g/mol. The van der Waals surface area contributed by atoms with Gasteiger partial charge in [-0.2, -0.15) is 5.10 Å². The fraction of sp³-hybridized carbons (Fsp3) is 0.263. The van der Waals surface area contributed by atoms with E-state index in [2.05, 4.69) is 34.9 Å². The Labute approximate surface area is 142 Å². The van der Waals surface area contributed by atoms with Crippen LogP contribution >= 0.6 is 0 Å². The lowest BCUT2D eigenvalue weighted by molar-refractivity contribution is -0.121. The van der Waals surface area contributed by atoms with Gasteiger partial charge in [0.15, 0.2) is 0 Å². The first-order valence-corrected chi connectivity index (χ1v) is 7.94. The number of benzene rings is 2. The third-order valence-electron chi connectivity index (χ3n) is 3.46. The van der Waals surface area contributed by atoms with Crippen molar-refractivity contribution in [2.45, 2.75) is 19.8 Å². The average Bonchev–Trinajstić information content (AvgIpc) is 2.60. The van der Waals surface area contributed by atoms with E-state index in [1.807, 2.05) is 36.4 Å². The number of ether oxygens (including phenoxy) is 1. The number of anilines is 1. The first kappa shape index (κ1) is 17.5. The quantitative estimate of drug-likeness (QED) is 0.444. The van der Waals surface area contributed by atoms with Crippen molar-refractivity contribution in [2.75, 3.05) is 19.0 Å². The summed E-state index contributed by atoms with van der Waals surface area (Å²) in [6, 6.07) is 15.7. The minimum absolute atomic E-state index is 0.0974. The highest BCUT2D eigenvalue weighted by Crippen LogP contribution is 2.10. The maximum atomic E-state index is 11.7. The van der Waals surface area contributed by atoms with Crippen molar-refractivity contribution >= 4 is 17.8 Å². The third kappa shape index (κ3) is 6.12. The second kappa shape index (κ2) is 9.35. The molecular formula is C19H23N3O2. The SMILES string of the molecule is COc1cccc(/C=N\NC(=O)CCCNc2ccc(C)cc2)c1. The van der Waals surface area contributed by atoms with Gasteiger partial charge < -0.3 is 10.1 Å². The van der Waals surface area contributed by atoms with Crippen molar-refractivity contribution in [3.63, 3.8) is 0 Å². The molecule has 2 aromatic rings. The molecule has 0 fully saturated rings. The van der Waals surface area contributed by atoms with E-state index >= 15 is 0 Å². The molecule has 2 aromatic carbocycles. The van der Waals surface area contributed by atoms with Gasteiger partial charge in [-0.05, 0) is 43.2 Å². The molecule has 0 aliphatic heterocycles. The van der Waals surface area contributed by atoms with Crippen LogP contribution in [0, 0.1) is 6.92 Å². The number of nitrogens with zero attached hydrogens (tertiary/aromatic N) is 1. The van der Waals surface area contributed by atoms with E-state index in [4.69, 9.17) is 4.74 Å². The van der Waals surface area contributed by atoms with Crippen LogP contribution in [0.15, 0.2) is 53.6 Å². The Morgan fingerprint density at radius 1 is 1.21 bits per heavy atom. The van der Waals surface area contributed by atoms with E-state index in [-0.39, 0.29) is 5.91 Å². The van der Waals surface area contributed by atoms with Crippen LogP contribution in [-0.2, 0) is 4.79 Å². The molecule has 0 atom stereocenters. The highest BCUT2D eigenvalue weighted by atomic mass is 16.5. The Morgan fingerprint density at radius 2 is 2.00 bits per heavy atom. The monoisotopic (exact) mass is 325 g/mol. The topological polar surface area (TPSA) is 62.7 Å². The molecule has 0 aliphatic carbocycles. The summed E-state index contributed by atoms with van der Waals surface area (Å²) in [6.45, 7) is 2.80. The first-order valence-electron chi connectivity index (χ1n) is 7.94. The Morgan fingerprint density at radius 3 is 2.75 bits per heavy atom. The Balaban J connectivity index is 1.65. The summed E-state index contributed by atoms with van der Waals surface area (Å²) in [5.74, 6) is 0.660. The summed E-state index contributed by atoms with van der Waals surface area (Å²) in [4.78, 5) is 11.7. The second-order valence-electron chi connectivity index (χ2n) is 5.47. The minimum Gasteiger partial charge on any atom is -0.497 e. The summed E-state index contributed by atoms with van der Waals surface area (Å²) < 4.78 is 5.13. The number of hydrazone groups is 1. The van der Waals surface area contributed by atoms with Gasteiger partial charge in [0.25, 0.3) is 0 Å². The predicted octanol–water partition coefficient (Wildman–Crippen LogP) is 3.35. The Bertz CT molecular complexity index is 681. The minimum atomic E-state index is -0.0974. The van der Waals surface area contributed by atoms with Gasteiger partial charge in [-0.25, -0.2) is 5.43 Å². The molecule has 5 nitrogen and oxygen atoms in total. The lowest BCUT2D eigenvalue weighted by Crippen LogP contribution is -2.18. The Kier molecular flexibility index (Phi) is 6.83. The third-order valence-corrected chi connectivity index (χ3v) is 3.46. The number of amides is 1. The smallest absolute Gasteiger partial charge is 0.240 e. The van der Waals surface area contributed by atoms with Crippen molar-refractivity contribution in [3.05, 3.63) is 59.7 Å². The molecule has 126 valence electrons. The zero-order valence-corrected chi connectivity index (χ0v) is 14.1. The fourth-order valence-electron chi connectivity index (χ4n) is 2.11. The molecule has 0 aliphatic rings. The van der Waals surface area contributed by atoms with Crippen LogP contribution in [0.3, 0.4) is 0 Å². The number of carbonyl (C=O) groups excluding carboxylic acids is 1. The van der Waals surface area contributed by atoms with Crippen molar-refractivity contribution in [3.8, 4) is 5.75 Å². The molecule has 0 heterocycles. The molecule has 1 amide bonds. The van der Waals surface area contributed by atoms with Gasteiger partial charge >= 0.3 is 0 Å². The van der Waals surface area contributed by atoms with E-state index < -0.39 is 0 Å². The van der Waals surface area contributed by atoms with Crippen molar-refractivity contribution in [1.82, 2.24) is 5.43 Å². The van der Waals surface area contributed by atoms with E-state index in [1.54, 1.807) is 13.3 Å². The van der Waals surface area contributed by atoms with E-state index in [1.165, 1.54) is 5.56 Å². The largest absolute Gasteiger partial charge is 0.497 e. The van der Waals surface area contributed by atoms with Gasteiger partial charge in [-0.1, -0.05) is 29.8 Å². The van der Waals surface area contributed by atoms with Gasteiger partial charge in [0.2, 0.25) is 5.91 Å². The van der Waals surface area contributed by atoms with Gasteiger partial charge in [0.05, 0.1) is 13.3 Å². The highest BCUT2D eigenvalue weighted by Gasteiger charge is 1.99. The maximum Gasteiger partial charge on any atom is 0.240 e. The second-order valence-corrected chi connectivity index (χ2v) is 5.47. The zero-order valence-electron chi connectivity index (χ0n) is 14.1. The summed E-state index contributed by atoms with van der Waals surface area (Å²) in [5.41, 5.74) is 5.70. The summed E-state index contributed by atoms with van der Waals surface area (Å²) >= 11 is 0. The van der Waals surface area contributed by atoms with Gasteiger partial charge in [-0.3, -0.25) is 4.79 Å². The predicted molar refractivity (Wildman–Crippen MR) is 97.6 cm³/mol. The highest BCUT2D eigenvalue weighted by molar-refractivity contribution is 5.82. The number of rotatable bonds is 8. The standard InChI is InChI=1S/C19H23N3O2/c1-15-8-10-17(11-9-15)20-12-4-7-19(23)22-21-14-16-5-3-6-18(13-16)24-2/h3,5-6,8-11,13-14,20H,4,7,12H2,1-2H3,(H,22,23)/b21-14-. The zero-order chi connectivity index (χ0) is 17.2. The van der Waals surface area contributed by atoms with Crippen LogP contribution < -0.4 is 15.5 Å². The van der Waals surface area contributed by atoms with E-state index in [0.29, 0.717) is 6.42 Å². The molecule has 0 unspecified atom stereocenters. The lowest BCUT2D eigenvalue weighted by atomic mass is 10.2. The number of aryl methyl sites for hydroxylation is 1. The molecule has 0 bridgehead atoms. The lowest BCUT2D eigenvalue weighted by Gasteiger charge is -2.06. The Hall–Kier alpha value is -2.82. The molecule has 0 radical (unpaired) electrons. The van der Waals surface area contributed by atoms with Gasteiger partial charge in [0, 0.05) is 18.7 Å². The fourth-order valence-corrected chi connectivity index (χ4v) is 2.11. The molecule has 5 heteroatoms. The molecule has 24 heavy (non-hydrogen) atoms. The number of nitrogens with one attached hydrogen (secondary N) is 2. The number of methoxy groups -OCH3 is 1. The molecule has 2 rings (SSSR count). The molecule has 0 spiro atoms. The van der Waals surface area contributed by atoms with Gasteiger partial charge in [-0.15, -0.1) is 0 Å². The van der Waals surface area contributed by atoms with Crippen LogP contribution in [0.1, 0.15) is 24.0 Å². The van der Waals surface area contributed by atoms with Crippen molar-refractivity contribution in [1.29, 1.82) is 0 Å². The number of hydrogen-bond donors (Lipinski definition) is 2. The summed E-state index contributed by atoms with van der Waals surface area (Å²) in [7, 11) is 1.61. The summed E-state index contributed by atoms with van der Waals surface area (Å²) in [5, 5.41) is 7.25. The van der Waals surface area contributed by atoms with Crippen molar-refractivity contribution < 1.29 is 9.53 Å².